The highest BCUT2D eigenvalue weighted by atomic mass is 32.2. The molecule has 0 fully saturated rings. The number of carbonyl (C=O) groups is 2. The van der Waals surface area contributed by atoms with Crippen LogP contribution in [0.25, 0.3) is 0 Å². The number of ether oxygens (including phenoxy) is 1. The molecule has 0 bridgehead atoms. The van der Waals surface area contributed by atoms with Crippen molar-refractivity contribution in [3.8, 4) is 5.75 Å². The first kappa shape index (κ1) is 23.3. The van der Waals surface area contributed by atoms with Crippen molar-refractivity contribution in [2.75, 3.05) is 39.2 Å². The molecule has 2 aromatic rings. The van der Waals surface area contributed by atoms with Gasteiger partial charge in [0.15, 0.2) is 0 Å². The normalized spacial score (nSPS) is 12.1. The molecule has 0 amide bonds. The van der Waals surface area contributed by atoms with Crippen molar-refractivity contribution in [1.29, 1.82) is 0 Å². The molecule has 30 heavy (non-hydrogen) atoms. The van der Waals surface area contributed by atoms with Crippen LogP contribution in [0.15, 0.2) is 64.4 Å². The van der Waals surface area contributed by atoms with Gasteiger partial charge in [0.1, 0.15) is 5.75 Å². The molecule has 0 unspecified atom stereocenters. The van der Waals surface area contributed by atoms with Crippen molar-refractivity contribution in [2.24, 2.45) is 0 Å². The number of hydrogen-bond acceptors (Lipinski definition) is 8. The first-order chi connectivity index (χ1) is 14.3. The van der Waals surface area contributed by atoms with Crippen LogP contribution in [0.3, 0.4) is 0 Å². The summed E-state index contributed by atoms with van der Waals surface area (Å²) in [5, 5.41) is 18.8. The van der Waals surface area contributed by atoms with E-state index < -0.39 is 11.9 Å². The van der Waals surface area contributed by atoms with Gasteiger partial charge in [-0.05, 0) is 63.5 Å². The second kappa shape index (κ2) is 11.3. The standard InChI is InChI=1S/C18H22N2OS.C4H4O4/c1-19(2)11-6-12-20-15-7-4-5-8-17(15)22-18-10-9-14(21-3)13-16(18)20;5-3(6)1-2-4(7)8/h4-5,7-10,13H,6,11-12H2,1-3H3;1-2H,(H,5,6)(H,7,8)/p-2/b;2-1-. The van der Waals surface area contributed by atoms with Crippen LogP contribution in [0, 0.1) is 0 Å². The van der Waals surface area contributed by atoms with Gasteiger partial charge in [-0.2, -0.15) is 0 Å². The number of nitrogens with zero attached hydrogens (tertiary/aromatic N) is 2. The van der Waals surface area contributed by atoms with E-state index in [0.29, 0.717) is 12.2 Å². The average molecular weight is 429 g/mol. The lowest BCUT2D eigenvalue weighted by atomic mass is 10.2. The molecule has 1 heterocycles. The number of rotatable bonds is 7. The summed E-state index contributed by atoms with van der Waals surface area (Å²) in [4.78, 5) is 26.1. The van der Waals surface area contributed by atoms with E-state index in [1.54, 1.807) is 7.11 Å². The van der Waals surface area contributed by atoms with Gasteiger partial charge in [-0.15, -0.1) is 0 Å². The van der Waals surface area contributed by atoms with Crippen molar-refractivity contribution in [1.82, 2.24) is 4.90 Å². The van der Waals surface area contributed by atoms with Gasteiger partial charge in [-0.3, -0.25) is 0 Å². The van der Waals surface area contributed by atoms with Crippen molar-refractivity contribution in [2.45, 2.75) is 16.2 Å². The SMILES string of the molecule is COc1ccc2c(c1)N(CCCN(C)C)c1ccccc1S2.O=C([O-])/C=C\C(=O)[O-]. The number of fused-ring (bicyclic) bond motifs is 2. The van der Waals surface area contributed by atoms with Crippen LogP contribution < -0.4 is 19.8 Å². The minimum absolute atomic E-state index is 0.384. The second-order valence-electron chi connectivity index (χ2n) is 6.68. The Kier molecular flexibility index (Phi) is 8.76. The molecule has 8 heteroatoms. The predicted octanol–water partition coefficient (Wildman–Crippen LogP) is 1.29. The maximum atomic E-state index is 9.41. The fraction of sp³-hybridized carbons (Fsp3) is 0.273. The zero-order chi connectivity index (χ0) is 22.1. The van der Waals surface area contributed by atoms with E-state index in [4.69, 9.17) is 4.74 Å². The molecule has 0 saturated carbocycles. The zero-order valence-electron chi connectivity index (χ0n) is 17.2. The van der Waals surface area contributed by atoms with Crippen LogP contribution in [-0.2, 0) is 9.59 Å². The highest BCUT2D eigenvalue weighted by molar-refractivity contribution is 7.99. The Labute approximate surface area is 180 Å². The van der Waals surface area contributed by atoms with Crippen LogP contribution in [0.2, 0.25) is 0 Å². The predicted molar refractivity (Wildman–Crippen MR) is 113 cm³/mol. The Balaban J connectivity index is 0.000000343. The van der Waals surface area contributed by atoms with Crippen molar-refractivity contribution in [3.05, 3.63) is 54.6 Å². The smallest absolute Gasteiger partial charge is 0.121 e. The number of carboxylic acid groups (broad SMARTS) is 2. The summed E-state index contributed by atoms with van der Waals surface area (Å²) < 4.78 is 5.42. The third-order valence-electron chi connectivity index (χ3n) is 4.18. The Morgan fingerprint density at radius 1 is 1.03 bits per heavy atom. The lowest BCUT2D eigenvalue weighted by molar-refractivity contribution is -0.301. The fourth-order valence-corrected chi connectivity index (χ4v) is 3.93. The Hall–Kier alpha value is -2.97. The number of para-hydroxylation sites is 1. The summed E-state index contributed by atoms with van der Waals surface area (Å²) >= 11 is 1.84. The van der Waals surface area contributed by atoms with Gasteiger partial charge in [0, 0.05) is 22.4 Å². The maximum absolute atomic E-state index is 9.41. The lowest BCUT2D eigenvalue weighted by Gasteiger charge is -2.33. The first-order valence-corrected chi connectivity index (χ1v) is 10.1. The summed E-state index contributed by atoms with van der Waals surface area (Å²) in [5.74, 6) is -2.18. The lowest BCUT2D eigenvalue weighted by Crippen LogP contribution is -2.25. The van der Waals surface area contributed by atoms with Crippen LogP contribution in [0.5, 0.6) is 5.75 Å². The van der Waals surface area contributed by atoms with E-state index in [1.807, 2.05) is 17.8 Å². The molecular weight excluding hydrogens is 404 g/mol. The molecule has 0 saturated heterocycles. The molecule has 0 spiro atoms. The van der Waals surface area contributed by atoms with Gasteiger partial charge in [0.25, 0.3) is 0 Å². The van der Waals surface area contributed by atoms with Gasteiger partial charge in [0.05, 0.1) is 30.4 Å². The quantitative estimate of drug-likeness (QED) is 0.609. The molecule has 0 aromatic heterocycles. The molecule has 7 nitrogen and oxygen atoms in total. The monoisotopic (exact) mass is 428 g/mol. The summed E-state index contributed by atoms with van der Waals surface area (Å²) in [6.45, 7) is 2.10. The van der Waals surface area contributed by atoms with Crippen molar-refractivity contribution >= 4 is 35.1 Å². The van der Waals surface area contributed by atoms with Crippen molar-refractivity contribution < 1.29 is 24.5 Å². The molecule has 2 aromatic carbocycles. The van der Waals surface area contributed by atoms with E-state index in [1.165, 1.54) is 21.2 Å². The molecule has 1 aliphatic rings. The molecule has 160 valence electrons. The number of hydrogen-bond donors (Lipinski definition) is 0. The van der Waals surface area contributed by atoms with Crippen molar-refractivity contribution in [3.63, 3.8) is 0 Å². The second-order valence-corrected chi connectivity index (χ2v) is 7.77. The molecule has 0 atom stereocenters. The zero-order valence-corrected chi connectivity index (χ0v) is 18.0. The van der Waals surface area contributed by atoms with Gasteiger partial charge < -0.3 is 34.3 Å². The summed E-state index contributed by atoms with van der Waals surface area (Å²) in [6, 6.07) is 15.0. The third-order valence-corrected chi connectivity index (χ3v) is 5.31. The van der Waals surface area contributed by atoms with Gasteiger partial charge >= 0.3 is 0 Å². The number of aliphatic carboxylic acids is 2. The maximum Gasteiger partial charge on any atom is 0.121 e. The molecule has 1 aliphatic heterocycles. The number of benzene rings is 2. The van der Waals surface area contributed by atoms with E-state index in [9.17, 15) is 19.8 Å². The summed E-state index contributed by atoms with van der Waals surface area (Å²) in [6.07, 6.45) is 1.90. The molecule has 0 aliphatic carbocycles. The highest BCUT2D eigenvalue weighted by Gasteiger charge is 2.23. The van der Waals surface area contributed by atoms with Crippen LogP contribution in [0.1, 0.15) is 6.42 Å². The van der Waals surface area contributed by atoms with Crippen LogP contribution in [-0.4, -0.2) is 51.1 Å². The van der Waals surface area contributed by atoms with Gasteiger partial charge in [-0.1, -0.05) is 23.9 Å². The molecule has 0 radical (unpaired) electrons. The van der Waals surface area contributed by atoms with E-state index in [0.717, 1.165) is 25.3 Å². The topological polar surface area (TPSA) is 96.0 Å². The van der Waals surface area contributed by atoms with Gasteiger partial charge in [-0.25, -0.2) is 0 Å². The fourth-order valence-electron chi connectivity index (χ4n) is 2.86. The summed E-state index contributed by atoms with van der Waals surface area (Å²) in [7, 11) is 5.97. The Morgan fingerprint density at radius 2 is 1.67 bits per heavy atom. The largest absolute Gasteiger partial charge is 0.545 e. The molecule has 3 rings (SSSR count). The number of methoxy groups -OCH3 is 1. The van der Waals surface area contributed by atoms with Gasteiger partial charge in [0.2, 0.25) is 0 Å². The Bertz CT molecular complexity index is 898. The van der Waals surface area contributed by atoms with E-state index >= 15 is 0 Å². The minimum atomic E-state index is -1.55. The third kappa shape index (κ3) is 6.82. The van der Waals surface area contributed by atoms with E-state index in [2.05, 4.69) is 60.3 Å². The highest BCUT2D eigenvalue weighted by Crippen LogP contribution is 2.48. The molecular formula is C22H24N2O5S-2. The first-order valence-electron chi connectivity index (χ1n) is 9.29. The number of carbonyl (C=O) groups excluding carboxylic acids is 2. The Morgan fingerprint density at radius 3 is 2.27 bits per heavy atom. The average Bonchev–Trinajstić information content (AvgIpc) is 2.71. The number of anilines is 2. The minimum Gasteiger partial charge on any atom is -0.545 e. The molecule has 0 N–H and O–H groups in total. The van der Waals surface area contributed by atoms with E-state index in [-0.39, 0.29) is 0 Å². The van der Waals surface area contributed by atoms with Crippen LogP contribution in [0.4, 0.5) is 11.4 Å². The number of carboxylic acids is 2. The van der Waals surface area contributed by atoms with Crippen LogP contribution >= 0.6 is 11.8 Å². The summed E-state index contributed by atoms with van der Waals surface area (Å²) in [5.41, 5.74) is 2.55.